The molecule has 1 rings (SSSR count). The van der Waals surface area contributed by atoms with Crippen molar-refractivity contribution in [3.8, 4) is 5.75 Å². The molecule has 0 saturated carbocycles. The molecular weight excluding hydrogens is 199 g/mol. The van der Waals surface area contributed by atoms with E-state index in [1.807, 2.05) is 0 Å². The Morgan fingerprint density at radius 2 is 2.27 bits per heavy atom. The molecule has 1 atom stereocenters. The van der Waals surface area contributed by atoms with Gasteiger partial charge in [0.15, 0.2) is 6.10 Å². The zero-order valence-corrected chi connectivity index (χ0v) is 8.37. The molecule has 1 aromatic rings. The van der Waals surface area contributed by atoms with Crippen LogP contribution in [-0.4, -0.2) is 12.0 Å². The van der Waals surface area contributed by atoms with E-state index in [0.717, 1.165) is 6.07 Å². The van der Waals surface area contributed by atoms with Crippen LogP contribution in [0.2, 0.25) is 0 Å². The summed E-state index contributed by atoms with van der Waals surface area (Å²) in [5, 5.41) is 0. The number of primary amides is 1. The molecule has 0 aliphatic heterocycles. The molecule has 0 aliphatic carbocycles. The van der Waals surface area contributed by atoms with Gasteiger partial charge in [-0.05, 0) is 18.6 Å². The van der Waals surface area contributed by atoms with Crippen LogP contribution in [0.1, 0.15) is 13.3 Å². The summed E-state index contributed by atoms with van der Waals surface area (Å²) in [5.41, 5.74) is 10.9. The summed E-state index contributed by atoms with van der Waals surface area (Å²) >= 11 is 0. The number of ether oxygens (including phenoxy) is 1. The molecule has 1 amide bonds. The van der Waals surface area contributed by atoms with Gasteiger partial charge in [-0.15, -0.1) is 0 Å². The molecule has 82 valence electrons. The van der Waals surface area contributed by atoms with Gasteiger partial charge in [-0.2, -0.15) is 0 Å². The highest BCUT2D eigenvalue weighted by molar-refractivity contribution is 5.79. The molecule has 0 aliphatic rings. The number of rotatable bonds is 4. The molecule has 0 radical (unpaired) electrons. The fraction of sp³-hybridized carbons (Fsp3) is 0.300. The van der Waals surface area contributed by atoms with Crippen LogP contribution >= 0.6 is 0 Å². The quantitative estimate of drug-likeness (QED) is 0.732. The van der Waals surface area contributed by atoms with E-state index in [1.165, 1.54) is 12.1 Å². The monoisotopic (exact) mass is 212 g/mol. The minimum atomic E-state index is -0.783. The SMILES string of the molecule is CCC(Oc1cc(F)ccc1N)C(N)=O. The Morgan fingerprint density at radius 1 is 1.60 bits per heavy atom. The van der Waals surface area contributed by atoms with Crippen molar-refractivity contribution in [3.05, 3.63) is 24.0 Å². The van der Waals surface area contributed by atoms with E-state index >= 15 is 0 Å². The Hall–Kier alpha value is -1.78. The summed E-state index contributed by atoms with van der Waals surface area (Å²) < 4.78 is 18.0. The normalized spacial score (nSPS) is 12.1. The summed E-state index contributed by atoms with van der Waals surface area (Å²) in [4.78, 5) is 10.9. The lowest BCUT2D eigenvalue weighted by molar-refractivity contribution is -0.124. The molecule has 4 N–H and O–H groups in total. The fourth-order valence-electron chi connectivity index (χ4n) is 1.11. The van der Waals surface area contributed by atoms with Crippen LogP contribution < -0.4 is 16.2 Å². The predicted octanol–water partition coefficient (Wildman–Crippen LogP) is 1.05. The standard InChI is InChI=1S/C10H13FN2O2/c1-2-8(10(13)14)15-9-5-6(11)3-4-7(9)12/h3-5,8H,2,12H2,1H3,(H2,13,14). The van der Waals surface area contributed by atoms with Gasteiger partial charge >= 0.3 is 0 Å². The zero-order chi connectivity index (χ0) is 11.4. The van der Waals surface area contributed by atoms with Gasteiger partial charge in [-0.1, -0.05) is 6.92 Å². The molecule has 1 unspecified atom stereocenters. The van der Waals surface area contributed by atoms with Crippen molar-refractivity contribution in [1.29, 1.82) is 0 Å². The van der Waals surface area contributed by atoms with Gasteiger partial charge in [-0.3, -0.25) is 4.79 Å². The van der Waals surface area contributed by atoms with Crippen molar-refractivity contribution < 1.29 is 13.9 Å². The van der Waals surface area contributed by atoms with Crippen LogP contribution in [0, 0.1) is 5.82 Å². The van der Waals surface area contributed by atoms with Gasteiger partial charge < -0.3 is 16.2 Å². The molecule has 0 aromatic heterocycles. The van der Waals surface area contributed by atoms with Crippen molar-refractivity contribution in [2.75, 3.05) is 5.73 Å². The summed E-state index contributed by atoms with van der Waals surface area (Å²) in [6.07, 6.45) is -0.375. The Kier molecular flexibility index (Phi) is 3.49. The van der Waals surface area contributed by atoms with Gasteiger partial charge in [0.25, 0.3) is 5.91 Å². The topological polar surface area (TPSA) is 78.3 Å². The Bertz CT molecular complexity index is 368. The minimum absolute atomic E-state index is 0.139. The summed E-state index contributed by atoms with van der Waals surface area (Å²) in [5.74, 6) is -0.930. The summed E-state index contributed by atoms with van der Waals surface area (Å²) in [7, 11) is 0. The molecule has 1 aromatic carbocycles. The Labute approximate surface area is 87.0 Å². The van der Waals surface area contributed by atoms with Crippen LogP contribution in [0.3, 0.4) is 0 Å². The lowest BCUT2D eigenvalue weighted by Gasteiger charge is -2.15. The third-order valence-corrected chi connectivity index (χ3v) is 1.93. The van der Waals surface area contributed by atoms with Crippen molar-refractivity contribution in [2.45, 2.75) is 19.4 Å². The smallest absolute Gasteiger partial charge is 0.258 e. The van der Waals surface area contributed by atoms with Gasteiger partial charge in [0.1, 0.15) is 11.6 Å². The number of halogens is 1. The lowest BCUT2D eigenvalue weighted by atomic mass is 10.2. The molecule has 5 heteroatoms. The summed E-state index contributed by atoms with van der Waals surface area (Å²) in [6.45, 7) is 1.74. The molecule has 4 nitrogen and oxygen atoms in total. The predicted molar refractivity (Wildman–Crippen MR) is 54.7 cm³/mol. The van der Waals surface area contributed by atoms with Crippen molar-refractivity contribution in [3.63, 3.8) is 0 Å². The van der Waals surface area contributed by atoms with Crippen LogP contribution in [0.15, 0.2) is 18.2 Å². The van der Waals surface area contributed by atoms with Crippen molar-refractivity contribution in [1.82, 2.24) is 0 Å². The minimum Gasteiger partial charge on any atom is -0.478 e. The number of carbonyl (C=O) groups excluding carboxylic acids is 1. The maximum absolute atomic E-state index is 12.9. The molecule has 0 saturated heterocycles. The number of benzene rings is 1. The first-order chi connectivity index (χ1) is 7.04. The van der Waals surface area contributed by atoms with Gasteiger partial charge in [0.05, 0.1) is 5.69 Å². The van der Waals surface area contributed by atoms with Gasteiger partial charge in [0.2, 0.25) is 0 Å². The molecular formula is C10H13FN2O2. The second kappa shape index (κ2) is 4.63. The van der Waals surface area contributed by atoms with Crippen LogP contribution in [0.25, 0.3) is 0 Å². The third-order valence-electron chi connectivity index (χ3n) is 1.93. The number of anilines is 1. The summed E-state index contributed by atoms with van der Waals surface area (Å²) in [6, 6.07) is 3.72. The molecule has 0 bridgehead atoms. The lowest BCUT2D eigenvalue weighted by Crippen LogP contribution is -2.33. The molecule has 0 fully saturated rings. The zero-order valence-electron chi connectivity index (χ0n) is 8.37. The van der Waals surface area contributed by atoms with Gasteiger partial charge in [-0.25, -0.2) is 4.39 Å². The van der Waals surface area contributed by atoms with Crippen LogP contribution in [0.4, 0.5) is 10.1 Å². The Morgan fingerprint density at radius 3 is 2.80 bits per heavy atom. The first-order valence-corrected chi connectivity index (χ1v) is 4.55. The van der Waals surface area contributed by atoms with E-state index in [2.05, 4.69) is 0 Å². The first-order valence-electron chi connectivity index (χ1n) is 4.55. The second-order valence-electron chi connectivity index (χ2n) is 3.10. The highest BCUT2D eigenvalue weighted by Crippen LogP contribution is 2.23. The number of hydrogen-bond donors (Lipinski definition) is 2. The fourth-order valence-corrected chi connectivity index (χ4v) is 1.11. The van der Waals surface area contributed by atoms with Crippen molar-refractivity contribution >= 4 is 11.6 Å². The maximum Gasteiger partial charge on any atom is 0.258 e. The molecule has 0 heterocycles. The van der Waals surface area contributed by atoms with Crippen molar-refractivity contribution in [2.24, 2.45) is 5.73 Å². The number of carbonyl (C=O) groups is 1. The van der Waals surface area contributed by atoms with Crippen LogP contribution in [-0.2, 0) is 4.79 Å². The van der Waals surface area contributed by atoms with E-state index in [0.29, 0.717) is 6.42 Å². The van der Waals surface area contributed by atoms with E-state index in [4.69, 9.17) is 16.2 Å². The number of nitrogen functional groups attached to an aromatic ring is 1. The van der Waals surface area contributed by atoms with E-state index in [1.54, 1.807) is 6.92 Å². The molecule has 0 spiro atoms. The second-order valence-corrected chi connectivity index (χ2v) is 3.10. The first kappa shape index (κ1) is 11.3. The number of amides is 1. The average molecular weight is 212 g/mol. The van der Waals surface area contributed by atoms with Gasteiger partial charge in [0, 0.05) is 6.07 Å². The largest absolute Gasteiger partial charge is 0.478 e. The van der Waals surface area contributed by atoms with E-state index in [-0.39, 0.29) is 11.4 Å². The third kappa shape index (κ3) is 2.83. The number of hydrogen-bond acceptors (Lipinski definition) is 3. The van der Waals surface area contributed by atoms with Crippen LogP contribution in [0.5, 0.6) is 5.75 Å². The molecule has 15 heavy (non-hydrogen) atoms. The maximum atomic E-state index is 12.9. The Balaban J connectivity index is 2.87. The highest BCUT2D eigenvalue weighted by Gasteiger charge is 2.16. The highest BCUT2D eigenvalue weighted by atomic mass is 19.1. The van der Waals surface area contributed by atoms with E-state index in [9.17, 15) is 9.18 Å². The average Bonchev–Trinajstić information content (AvgIpc) is 2.18. The number of nitrogens with two attached hydrogens (primary N) is 2. The van der Waals surface area contributed by atoms with E-state index < -0.39 is 17.8 Å².